The molecule has 144 valence electrons. The highest BCUT2D eigenvalue weighted by Gasteiger charge is 2.35. The lowest BCUT2D eigenvalue weighted by Gasteiger charge is -2.17. The number of carbonyl (C=O) groups excluding carboxylic acids is 1. The van der Waals surface area contributed by atoms with Crippen LogP contribution in [0.15, 0.2) is 66.1 Å². The summed E-state index contributed by atoms with van der Waals surface area (Å²) < 4.78 is 0. The third-order valence-electron chi connectivity index (χ3n) is 5.23. The molecule has 3 aromatic rings. The van der Waals surface area contributed by atoms with Gasteiger partial charge in [0.1, 0.15) is 6.33 Å². The molecule has 0 radical (unpaired) electrons. The van der Waals surface area contributed by atoms with Crippen molar-refractivity contribution >= 4 is 17.7 Å². The fourth-order valence-corrected chi connectivity index (χ4v) is 4.43. The summed E-state index contributed by atoms with van der Waals surface area (Å²) in [5, 5.41) is 7.46. The predicted octanol–water partition coefficient (Wildman–Crippen LogP) is 2.91. The van der Waals surface area contributed by atoms with Crippen LogP contribution in [0, 0.1) is 5.92 Å². The van der Waals surface area contributed by atoms with E-state index in [4.69, 9.17) is 5.73 Å². The van der Waals surface area contributed by atoms with E-state index in [-0.39, 0.29) is 5.91 Å². The molecular weight excluding hydrogens is 370 g/mol. The summed E-state index contributed by atoms with van der Waals surface area (Å²) in [7, 11) is 0. The summed E-state index contributed by atoms with van der Waals surface area (Å²) in [6.45, 7) is 2.01. The number of amides is 1. The zero-order valence-electron chi connectivity index (χ0n) is 15.5. The van der Waals surface area contributed by atoms with Crippen LogP contribution < -0.4 is 5.73 Å². The van der Waals surface area contributed by atoms with E-state index in [9.17, 15) is 4.79 Å². The first kappa shape index (κ1) is 18.7. The molecule has 2 heterocycles. The Labute approximate surface area is 168 Å². The minimum absolute atomic E-state index is 0.0753. The summed E-state index contributed by atoms with van der Waals surface area (Å²) in [6.07, 6.45) is 1.50. The molecule has 1 amide bonds. The Hall–Kier alpha value is -2.64. The molecule has 2 aromatic carbocycles. The standard InChI is InChI=1S/C21H23N5OS/c22-10-18-11-26(12-19(18)16-4-2-1-3-5-16)20(27)17-8-6-15(7-9-17)13-28-21-23-14-24-25-21/h1-9,14,18-19H,10-13,22H2,(H,23,24,25)/t18-,19+/m1/s1. The molecule has 1 aliphatic rings. The van der Waals surface area contributed by atoms with Crippen molar-refractivity contribution in [3.05, 3.63) is 77.6 Å². The Kier molecular flexibility index (Phi) is 5.73. The Morgan fingerprint density at radius 1 is 1.14 bits per heavy atom. The third-order valence-corrected chi connectivity index (χ3v) is 6.18. The number of benzene rings is 2. The molecule has 2 atom stereocenters. The zero-order chi connectivity index (χ0) is 19.3. The number of thioether (sulfide) groups is 1. The van der Waals surface area contributed by atoms with Gasteiger partial charge < -0.3 is 10.6 Å². The van der Waals surface area contributed by atoms with Crippen LogP contribution in [0.25, 0.3) is 0 Å². The lowest BCUT2D eigenvalue weighted by molar-refractivity contribution is 0.0786. The number of hydrogen-bond acceptors (Lipinski definition) is 5. The monoisotopic (exact) mass is 393 g/mol. The molecule has 1 aliphatic heterocycles. The second-order valence-electron chi connectivity index (χ2n) is 7.00. The van der Waals surface area contributed by atoms with Gasteiger partial charge in [-0.15, -0.1) is 0 Å². The summed E-state index contributed by atoms with van der Waals surface area (Å²) in [5.41, 5.74) is 9.12. The average Bonchev–Trinajstić information content (AvgIpc) is 3.42. The van der Waals surface area contributed by atoms with E-state index >= 15 is 0 Å². The SMILES string of the molecule is NC[C@@H]1CN(C(=O)c2ccc(CSc3ncn[nH]3)cc2)C[C@H]1c1ccccc1. The predicted molar refractivity (Wildman–Crippen MR) is 110 cm³/mol. The number of nitrogens with zero attached hydrogens (tertiary/aromatic N) is 3. The van der Waals surface area contributed by atoms with E-state index in [1.807, 2.05) is 47.4 Å². The molecule has 0 bridgehead atoms. The molecule has 1 aromatic heterocycles. The lowest BCUT2D eigenvalue weighted by Crippen LogP contribution is -2.29. The number of likely N-dealkylation sites (tertiary alicyclic amines) is 1. The van der Waals surface area contributed by atoms with Gasteiger partial charge in [-0.3, -0.25) is 9.89 Å². The molecule has 4 rings (SSSR count). The number of carbonyl (C=O) groups is 1. The molecule has 0 saturated carbocycles. The zero-order valence-corrected chi connectivity index (χ0v) is 16.3. The third kappa shape index (κ3) is 4.10. The maximum absolute atomic E-state index is 13.0. The smallest absolute Gasteiger partial charge is 0.253 e. The highest BCUT2D eigenvalue weighted by Crippen LogP contribution is 2.32. The van der Waals surface area contributed by atoms with Crippen LogP contribution in [0.5, 0.6) is 0 Å². The summed E-state index contributed by atoms with van der Waals surface area (Å²) in [5.74, 6) is 1.45. The number of aromatic nitrogens is 3. The summed E-state index contributed by atoms with van der Waals surface area (Å²) >= 11 is 1.58. The number of hydrogen-bond donors (Lipinski definition) is 2. The van der Waals surface area contributed by atoms with Crippen molar-refractivity contribution in [2.45, 2.75) is 16.8 Å². The number of rotatable bonds is 6. The van der Waals surface area contributed by atoms with Gasteiger partial charge in [-0.05, 0) is 35.7 Å². The largest absolute Gasteiger partial charge is 0.338 e. The molecule has 7 heteroatoms. The highest BCUT2D eigenvalue weighted by molar-refractivity contribution is 7.98. The van der Waals surface area contributed by atoms with Crippen LogP contribution in [-0.4, -0.2) is 45.6 Å². The molecule has 0 unspecified atom stereocenters. The summed E-state index contributed by atoms with van der Waals surface area (Å²) in [4.78, 5) is 19.0. The normalized spacial score (nSPS) is 19.1. The Bertz CT molecular complexity index is 898. The van der Waals surface area contributed by atoms with E-state index in [0.717, 1.165) is 22.0 Å². The number of aromatic amines is 1. The van der Waals surface area contributed by atoms with Gasteiger partial charge in [-0.1, -0.05) is 54.2 Å². The fraction of sp³-hybridized carbons (Fsp3) is 0.286. The number of nitrogens with one attached hydrogen (secondary N) is 1. The van der Waals surface area contributed by atoms with E-state index in [2.05, 4.69) is 27.3 Å². The molecule has 1 saturated heterocycles. The van der Waals surface area contributed by atoms with Gasteiger partial charge in [0.05, 0.1) is 0 Å². The maximum Gasteiger partial charge on any atom is 0.253 e. The first-order valence-corrected chi connectivity index (χ1v) is 10.3. The van der Waals surface area contributed by atoms with Crippen molar-refractivity contribution in [1.29, 1.82) is 0 Å². The van der Waals surface area contributed by atoms with Gasteiger partial charge in [0.2, 0.25) is 0 Å². The van der Waals surface area contributed by atoms with Crippen LogP contribution in [0.1, 0.15) is 27.4 Å². The van der Waals surface area contributed by atoms with Crippen LogP contribution in [0.4, 0.5) is 0 Å². The van der Waals surface area contributed by atoms with E-state index in [1.165, 1.54) is 11.9 Å². The van der Waals surface area contributed by atoms with Crippen molar-refractivity contribution in [3.8, 4) is 0 Å². The van der Waals surface area contributed by atoms with E-state index < -0.39 is 0 Å². The lowest BCUT2D eigenvalue weighted by atomic mass is 9.89. The van der Waals surface area contributed by atoms with Crippen molar-refractivity contribution in [1.82, 2.24) is 20.1 Å². The molecule has 3 N–H and O–H groups in total. The number of nitrogens with two attached hydrogens (primary N) is 1. The van der Waals surface area contributed by atoms with Crippen LogP contribution >= 0.6 is 11.8 Å². The summed E-state index contributed by atoms with van der Waals surface area (Å²) in [6, 6.07) is 18.2. The second kappa shape index (κ2) is 8.58. The van der Waals surface area contributed by atoms with Crippen LogP contribution in [0.3, 0.4) is 0 Å². The first-order chi connectivity index (χ1) is 13.7. The topological polar surface area (TPSA) is 87.9 Å². The minimum atomic E-state index is 0.0753. The Morgan fingerprint density at radius 3 is 2.61 bits per heavy atom. The number of H-pyrrole nitrogens is 1. The molecule has 6 nitrogen and oxygen atoms in total. The maximum atomic E-state index is 13.0. The van der Waals surface area contributed by atoms with Crippen molar-refractivity contribution in [3.63, 3.8) is 0 Å². The molecule has 0 spiro atoms. The highest BCUT2D eigenvalue weighted by atomic mass is 32.2. The quantitative estimate of drug-likeness (QED) is 0.629. The Balaban J connectivity index is 1.41. The van der Waals surface area contributed by atoms with Crippen molar-refractivity contribution in [2.24, 2.45) is 11.7 Å². The van der Waals surface area contributed by atoms with Crippen LogP contribution in [0.2, 0.25) is 0 Å². The van der Waals surface area contributed by atoms with Gasteiger partial charge in [0.25, 0.3) is 5.91 Å². The van der Waals surface area contributed by atoms with Gasteiger partial charge in [-0.25, -0.2) is 4.98 Å². The van der Waals surface area contributed by atoms with Gasteiger partial charge in [-0.2, -0.15) is 5.10 Å². The second-order valence-corrected chi connectivity index (χ2v) is 7.96. The molecular formula is C21H23N5OS. The van der Waals surface area contributed by atoms with Gasteiger partial charge in [0, 0.05) is 30.3 Å². The molecule has 28 heavy (non-hydrogen) atoms. The van der Waals surface area contributed by atoms with Crippen molar-refractivity contribution in [2.75, 3.05) is 19.6 Å². The first-order valence-electron chi connectivity index (χ1n) is 9.36. The van der Waals surface area contributed by atoms with E-state index in [1.54, 1.807) is 11.8 Å². The van der Waals surface area contributed by atoms with Crippen molar-refractivity contribution < 1.29 is 4.79 Å². The van der Waals surface area contributed by atoms with Gasteiger partial charge >= 0.3 is 0 Å². The van der Waals surface area contributed by atoms with Crippen LogP contribution in [-0.2, 0) is 5.75 Å². The molecule has 1 fully saturated rings. The van der Waals surface area contributed by atoms with E-state index in [0.29, 0.717) is 31.5 Å². The van der Waals surface area contributed by atoms with Gasteiger partial charge in [0.15, 0.2) is 5.16 Å². The Morgan fingerprint density at radius 2 is 1.93 bits per heavy atom. The molecule has 0 aliphatic carbocycles. The average molecular weight is 394 g/mol. The fourth-order valence-electron chi connectivity index (χ4n) is 3.70. The minimum Gasteiger partial charge on any atom is -0.338 e.